The molecule has 0 radical (unpaired) electrons. The largest absolute Gasteiger partial charge is 0.447 e. The van der Waals surface area contributed by atoms with E-state index in [0.29, 0.717) is 16.9 Å². The maximum absolute atomic E-state index is 12.2. The van der Waals surface area contributed by atoms with Gasteiger partial charge in [0.05, 0.1) is 12.3 Å². The molecule has 2 N–H and O–H groups in total. The third kappa shape index (κ3) is 5.43. The molecule has 1 amide bonds. The van der Waals surface area contributed by atoms with E-state index in [2.05, 4.69) is 10.3 Å². The van der Waals surface area contributed by atoms with E-state index in [1.807, 2.05) is 49.4 Å². The smallest absolute Gasteiger partial charge is 0.411 e. The molecule has 0 bridgehead atoms. The number of anilines is 1. The fourth-order valence-electron chi connectivity index (χ4n) is 2.98. The number of para-hydroxylation sites is 1. The first-order valence-corrected chi connectivity index (χ1v) is 9.84. The Kier molecular flexibility index (Phi) is 7.16. The average Bonchev–Trinajstić information content (AvgIpc) is 2.72. The van der Waals surface area contributed by atoms with E-state index in [4.69, 9.17) is 21.7 Å². The molecule has 1 aromatic heterocycles. The van der Waals surface area contributed by atoms with Gasteiger partial charge in [0.25, 0.3) is 5.56 Å². The van der Waals surface area contributed by atoms with Crippen LogP contribution in [0.2, 0.25) is 0 Å². The highest BCUT2D eigenvalue weighted by molar-refractivity contribution is 7.71. The van der Waals surface area contributed by atoms with Crippen molar-refractivity contribution >= 4 is 24.0 Å². The zero-order chi connectivity index (χ0) is 21.5. The second-order valence-corrected chi connectivity index (χ2v) is 7.08. The van der Waals surface area contributed by atoms with Gasteiger partial charge in [0.1, 0.15) is 13.3 Å². The molecule has 0 atom stereocenters. The number of benzene rings is 2. The maximum atomic E-state index is 12.2. The number of carbonyl (C=O) groups is 1. The molecule has 0 aliphatic rings. The third-order valence-electron chi connectivity index (χ3n) is 4.42. The van der Waals surface area contributed by atoms with Crippen LogP contribution in [-0.2, 0) is 16.2 Å². The predicted molar refractivity (Wildman–Crippen MR) is 118 cm³/mol. The number of amides is 1. The number of aromatic nitrogens is 2. The summed E-state index contributed by atoms with van der Waals surface area (Å²) in [5, 5.41) is 2.63. The summed E-state index contributed by atoms with van der Waals surface area (Å²) in [5.41, 5.74) is 3.64. The fourth-order valence-corrected chi connectivity index (χ4v) is 3.22. The number of hydrogen-bond donors (Lipinski definition) is 2. The first-order valence-electron chi connectivity index (χ1n) is 9.43. The maximum Gasteiger partial charge on any atom is 0.411 e. The fraction of sp³-hybridized carbons (Fsp3) is 0.227. The first kappa shape index (κ1) is 21.5. The molecule has 7 nitrogen and oxygen atoms in total. The van der Waals surface area contributed by atoms with Gasteiger partial charge in [-0.05, 0) is 49.8 Å². The van der Waals surface area contributed by atoms with E-state index in [9.17, 15) is 9.59 Å². The van der Waals surface area contributed by atoms with Crippen molar-refractivity contribution in [3.63, 3.8) is 0 Å². The Morgan fingerprint density at radius 2 is 1.87 bits per heavy atom. The zero-order valence-electron chi connectivity index (χ0n) is 16.8. The van der Waals surface area contributed by atoms with Crippen LogP contribution in [0, 0.1) is 18.6 Å². The van der Waals surface area contributed by atoms with Crippen molar-refractivity contribution in [3.8, 4) is 11.3 Å². The Morgan fingerprint density at radius 1 is 1.10 bits per heavy atom. The quantitative estimate of drug-likeness (QED) is 0.433. The molecule has 3 rings (SSSR count). The number of nitrogens with one attached hydrogen (secondary N) is 2. The first-order chi connectivity index (χ1) is 14.5. The van der Waals surface area contributed by atoms with Gasteiger partial charge >= 0.3 is 6.09 Å². The summed E-state index contributed by atoms with van der Waals surface area (Å²) >= 11 is 5.34. The summed E-state index contributed by atoms with van der Waals surface area (Å²) in [6.45, 7) is 4.10. The van der Waals surface area contributed by atoms with Crippen molar-refractivity contribution < 1.29 is 14.3 Å². The highest BCUT2D eigenvalue weighted by Gasteiger charge is 2.12. The minimum absolute atomic E-state index is 0.0775. The zero-order valence-corrected chi connectivity index (χ0v) is 17.6. The predicted octanol–water partition coefficient (Wildman–Crippen LogP) is 4.41. The van der Waals surface area contributed by atoms with Gasteiger partial charge in [0.2, 0.25) is 0 Å². The van der Waals surface area contributed by atoms with Crippen molar-refractivity contribution in [1.29, 1.82) is 0 Å². The van der Waals surface area contributed by atoms with Gasteiger partial charge < -0.3 is 9.47 Å². The SMILES string of the molecule is Cc1cccc(-c2c(C)c(=O)[nH]c(=S)n2COCCOC(=O)Nc2ccccc2)c1. The minimum atomic E-state index is -0.554. The Morgan fingerprint density at radius 3 is 2.60 bits per heavy atom. The second kappa shape index (κ2) is 10.00. The number of ether oxygens (including phenoxy) is 2. The molecule has 156 valence electrons. The Bertz CT molecular complexity index is 1140. The number of aromatic amines is 1. The lowest BCUT2D eigenvalue weighted by Gasteiger charge is -2.17. The van der Waals surface area contributed by atoms with E-state index in [1.165, 1.54) is 0 Å². The monoisotopic (exact) mass is 425 g/mol. The van der Waals surface area contributed by atoms with Gasteiger partial charge in [-0.15, -0.1) is 0 Å². The van der Waals surface area contributed by atoms with Gasteiger partial charge in [0.15, 0.2) is 4.77 Å². The normalized spacial score (nSPS) is 10.6. The van der Waals surface area contributed by atoms with Crippen LogP contribution in [0.3, 0.4) is 0 Å². The number of carbonyl (C=O) groups excluding carboxylic acids is 1. The lowest BCUT2D eigenvalue weighted by Crippen LogP contribution is -2.21. The van der Waals surface area contributed by atoms with Crippen molar-refractivity contribution in [2.75, 3.05) is 18.5 Å². The number of rotatable bonds is 7. The third-order valence-corrected chi connectivity index (χ3v) is 4.75. The van der Waals surface area contributed by atoms with Crippen LogP contribution in [0.4, 0.5) is 10.5 Å². The van der Waals surface area contributed by atoms with Crippen LogP contribution >= 0.6 is 12.2 Å². The molecular formula is C22H23N3O4S. The minimum Gasteiger partial charge on any atom is -0.447 e. The molecule has 0 unspecified atom stereocenters. The van der Waals surface area contributed by atoms with Crippen molar-refractivity contribution in [3.05, 3.63) is 80.8 Å². The summed E-state index contributed by atoms with van der Waals surface area (Å²) in [5.74, 6) is 0. The molecule has 3 aromatic rings. The van der Waals surface area contributed by atoms with Gasteiger partial charge in [-0.3, -0.25) is 19.7 Å². The summed E-state index contributed by atoms with van der Waals surface area (Å²) in [6, 6.07) is 16.9. The molecule has 0 saturated heterocycles. The van der Waals surface area contributed by atoms with Gasteiger partial charge in [0, 0.05) is 11.3 Å². The molecule has 1 heterocycles. The molecule has 8 heteroatoms. The van der Waals surface area contributed by atoms with Gasteiger partial charge in [-0.25, -0.2) is 4.79 Å². The van der Waals surface area contributed by atoms with Crippen LogP contribution in [0.15, 0.2) is 59.4 Å². The van der Waals surface area contributed by atoms with Crippen molar-refractivity contribution in [1.82, 2.24) is 9.55 Å². The second-order valence-electron chi connectivity index (χ2n) is 6.69. The topological polar surface area (TPSA) is 85.3 Å². The molecule has 0 spiro atoms. The molecule has 0 fully saturated rings. The van der Waals surface area contributed by atoms with E-state index < -0.39 is 6.09 Å². The van der Waals surface area contributed by atoms with E-state index >= 15 is 0 Å². The molecule has 2 aromatic carbocycles. The van der Waals surface area contributed by atoms with E-state index in [0.717, 1.165) is 11.1 Å². The van der Waals surface area contributed by atoms with Crippen molar-refractivity contribution in [2.24, 2.45) is 0 Å². The average molecular weight is 426 g/mol. The summed E-state index contributed by atoms with van der Waals surface area (Å²) < 4.78 is 12.8. The van der Waals surface area contributed by atoms with Gasteiger partial charge in [-0.1, -0.05) is 42.0 Å². The lowest BCUT2D eigenvalue weighted by atomic mass is 10.1. The molecule has 30 heavy (non-hydrogen) atoms. The molecule has 0 aliphatic carbocycles. The number of nitrogens with zero attached hydrogens (tertiary/aromatic N) is 1. The lowest BCUT2D eigenvalue weighted by molar-refractivity contribution is 0.0410. The van der Waals surface area contributed by atoms with Crippen LogP contribution < -0.4 is 10.9 Å². The van der Waals surface area contributed by atoms with Crippen LogP contribution in [-0.4, -0.2) is 28.9 Å². The van der Waals surface area contributed by atoms with E-state index in [1.54, 1.807) is 23.6 Å². The molecule has 0 saturated carbocycles. The van der Waals surface area contributed by atoms with E-state index in [-0.39, 0.29) is 30.3 Å². The van der Waals surface area contributed by atoms with Gasteiger partial charge in [-0.2, -0.15) is 0 Å². The Balaban J connectivity index is 1.63. The molecular weight excluding hydrogens is 402 g/mol. The molecule has 0 aliphatic heterocycles. The summed E-state index contributed by atoms with van der Waals surface area (Å²) in [7, 11) is 0. The highest BCUT2D eigenvalue weighted by atomic mass is 32.1. The number of aryl methyl sites for hydroxylation is 1. The van der Waals surface area contributed by atoms with Crippen LogP contribution in [0.25, 0.3) is 11.3 Å². The number of H-pyrrole nitrogens is 1. The standard InChI is InChI=1S/C22H23N3O4S/c1-15-7-6-8-17(13-15)19-16(2)20(26)24-21(30)25(19)14-28-11-12-29-22(27)23-18-9-4-3-5-10-18/h3-10,13H,11-12,14H2,1-2H3,(H,23,27)(H,24,26,30). The summed E-state index contributed by atoms with van der Waals surface area (Å²) in [4.78, 5) is 26.7. The highest BCUT2D eigenvalue weighted by Crippen LogP contribution is 2.22. The summed E-state index contributed by atoms with van der Waals surface area (Å²) in [6.07, 6.45) is -0.554. The van der Waals surface area contributed by atoms with Crippen LogP contribution in [0.1, 0.15) is 11.1 Å². The Hall–Kier alpha value is -3.23. The Labute approximate surface area is 179 Å². The van der Waals surface area contributed by atoms with Crippen molar-refractivity contribution in [2.45, 2.75) is 20.6 Å². The number of hydrogen-bond acceptors (Lipinski definition) is 5. The van der Waals surface area contributed by atoms with Crippen LogP contribution in [0.5, 0.6) is 0 Å².